The third kappa shape index (κ3) is 2.96. The number of hydrogen-bond donors (Lipinski definition) is 1. The molecular formula is C13H16ClN3O3. The van der Waals surface area contributed by atoms with Crippen LogP contribution in [-0.4, -0.2) is 30.9 Å². The second-order valence-electron chi connectivity index (χ2n) is 4.04. The first-order valence-electron chi connectivity index (χ1n) is 6.19. The van der Waals surface area contributed by atoms with Crippen LogP contribution in [0, 0.1) is 0 Å². The van der Waals surface area contributed by atoms with Gasteiger partial charge < -0.3 is 19.3 Å². The monoisotopic (exact) mass is 297 g/mol. The predicted octanol–water partition coefficient (Wildman–Crippen LogP) is 3.23. The highest BCUT2D eigenvalue weighted by Crippen LogP contribution is 2.38. The van der Waals surface area contributed by atoms with Crippen molar-refractivity contribution in [3.63, 3.8) is 0 Å². The molecule has 1 aromatic carbocycles. The lowest BCUT2D eigenvalue weighted by Crippen LogP contribution is -1.99. The molecule has 108 valence electrons. The van der Waals surface area contributed by atoms with Crippen LogP contribution in [0.3, 0.4) is 0 Å². The summed E-state index contributed by atoms with van der Waals surface area (Å²) in [7, 11) is 3.08. The van der Waals surface area contributed by atoms with Crippen LogP contribution in [0.2, 0.25) is 5.02 Å². The van der Waals surface area contributed by atoms with Gasteiger partial charge in [-0.15, -0.1) is 0 Å². The number of anilines is 1. The molecular weight excluding hydrogens is 282 g/mol. The third-order valence-electron chi connectivity index (χ3n) is 2.64. The van der Waals surface area contributed by atoms with Crippen LogP contribution in [0.1, 0.15) is 13.3 Å². The molecule has 0 bridgehead atoms. The lowest BCUT2D eigenvalue weighted by atomic mass is 10.2. The molecule has 6 nitrogen and oxygen atoms in total. The van der Waals surface area contributed by atoms with Gasteiger partial charge in [0.05, 0.1) is 19.2 Å². The fraction of sp³-hybridized carbons (Fsp3) is 0.385. The summed E-state index contributed by atoms with van der Waals surface area (Å²) in [4.78, 5) is 4.25. The molecule has 0 atom stereocenters. The summed E-state index contributed by atoms with van der Waals surface area (Å²) in [6.45, 7) is 2.83. The van der Waals surface area contributed by atoms with Gasteiger partial charge in [-0.2, -0.15) is 4.98 Å². The van der Waals surface area contributed by atoms with Crippen LogP contribution in [0.5, 0.6) is 11.5 Å². The molecule has 1 N–H and O–H groups in total. The highest BCUT2D eigenvalue weighted by atomic mass is 35.5. The van der Waals surface area contributed by atoms with E-state index in [1.165, 1.54) is 7.11 Å². The number of benzene rings is 1. The normalized spacial score (nSPS) is 10.4. The lowest BCUT2D eigenvalue weighted by molar-refractivity contribution is 0.355. The molecule has 0 aliphatic rings. The second-order valence-corrected chi connectivity index (χ2v) is 4.45. The van der Waals surface area contributed by atoms with E-state index in [4.69, 9.17) is 25.6 Å². The Hall–Kier alpha value is -1.95. The smallest absolute Gasteiger partial charge is 0.321 e. The average molecular weight is 298 g/mol. The van der Waals surface area contributed by atoms with Crippen molar-refractivity contribution in [2.45, 2.75) is 13.3 Å². The quantitative estimate of drug-likeness (QED) is 0.883. The Bertz CT molecular complexity index is 586. The van der Waals surface area contributed by atoms with Gasteiger partial charge >= 0.3 is 6.01 Å². The Morgan fingerprint density at radius 2 is 2.10 bits per heavy atom. The first-order valence-corrected chi connectivity index (χ1v) is 6.56. The molecule has 0 spiro atoms. The van der Waals surface area contributed by atoms with Crippen LogP contribution < -0.4 is 14.8 Å². The van der Waals surface area contributed by atoms with Gasteiger partial charge in [0, 0.05) is 12.1 Å². The second kappa shape index (κ2) is 6.47. The Balaban J connectivity index is 2.32. The molecule has 7 heteroatoms. The van der Waals surface area contributed by atoms with Crippen molar-refractivity contribution < 1.29 is 14.0 Å². The minimum atomic E-state index is 0.382. The summed E-state index contributed by atoms with van der Waals surface area (Å²) < 4.78 is 15.5. The molecule has 0 saturated carbocycles. The van der Waals surface area contributed by atoms with Gasteiger partial charge in [0.2, 0.25) is 5.82 Å². The van der Waals surface area contributed by atoms with Crippen LogP contribution in [0.25, 0.3) is 11.4 Å². The molecule has 0 amide bonds. The van der Waals surface area contributed by atoms with E-state index in [0.717, 1.165) is 13.0 Å². The first-order chi connectivity index (χ1) is 9.69. The molecule has 2 rings (SSSR count). The Kier molecular flexibility index (Phi) is 4.68. The third-order valence-corrected chi connectivity index (χ3v) is 2.92. The van der Waals surface area contributed by atoms with Crippen molar-refractivity contribution >= 4 is 17.6 Å². The van der Waals surface area contributed by atoms with E-state index < -0.39 is 0 Å². The maximum Gasteiger partial charge on any atom is 0.321 e. The fourth-order valence-corrected chi connectivity index (χ4v) is 1.98. The summed E-state index contributed by atoms with van der Waals surface area (Å²) in [5, 5.41) is 7.35. The van der Waals surface area contributed by atoms with E-state index in [1.54, 1.807) is 19.2 Å². The molecule has 2 aromatic rings. The van der Waals surface area contributed by atoms with Crippen LogP contribution >= 0.6 is 11.6 Å². The standard InChI is InChI=1S/C13H16ClN3O3/c1-4-5-15-13-16-12(17-20-13)8-6-9(14)11(19-3)10(7-8)18-2/h6-7H,4-5H2,1-3H3,(H,15,16,17). The largest absolute Gasteiger partial charge is 0.493 e. The number of ether oxygens (including phenoxy) is 2. The number of methoxy groups -OCH3 is 2. The Labute approximate surface area is 122 Å². The van der Waals surface area contributed by atoms with Gasteiger partial charge in [-0.3, -0.25) is 0 Å². The van der Waals surface area contributed by atoms with E-state index in [-0.39, 0.29) is 0 Å². The topological polar surface area (TPSA) is 69.4 Å². The highest BCUT2D eigenvalue weighted by Gasteiger charge is 2.15. The van der Waals surface area contributed by atoms with Crippen molar-refractivity contribution in [1.82, 2.24) is 10.1 Å². The number of hydrogen-bond acceptors (Lipinski definition) is 6. The zero-order valence-electron chi connectivity index (χ0n) is 11.6. The van der Waals surface area contributed by atoms with E-state index in [2.05, 4.69) is 22.4 Å². The van der Waals surface area contributed by atoms with E-state index in [9.17, 15) is 0 Å². The number of nitrogens with one attached hydrogen (secondary N) is 1. The van der Waals surface area contributed by atoms with Gasteiger partial charge in [-0.05, 0) is 18.6 Å². The molecule has 0 fully saturated rings. The Morgan fingerprint density at radius 1 is 1.30 bits per heavy atom. The summed E-state index contributed by atoms with van der Waals surface area (Å²) in [5.74, 6) is 1.43. The SMILES string of the molecule is CCCNc1nc(-c2cc(Cl)c(OC)c(OC)c2)no1. The number of halogens is 1. The Morgan fingerprint density at radius 3 is 2.75 bits per heavy atom. The maximum atomic E-state index is 6.15. The molecule has 0 unspecified atom stereocenters. The highest BCUT2D eigenvalue weighted by molar-refractivity contribution is 6.32. The average Bonchev–Trinajstić information content (AvgIpc) is 2.93. The molecule has 1 aromatic heterocycles. The minimum absolute atomic E-state index is 0.382. The molecule has 0 saturated heterocycles. The predicted molar refractivity (Wildman–Crippen MR) is 76.6 cm³/mol. The molecule has 20 heavy (non-hydrogen) atoms. The van der Waals surface area contributed by atoms with Crippen molar-refractivity contribution in [3.05, 3.63) is 17.2 Å². The van der Waals surface area contributed by atoms with E-state index in [1.807, 2.05) is 0 Å². The molecule has 0 aliphatic heterocycles. The van der Waals surface area contributed by atoms with Crippen molar-refractivity contribution in [2.24, 2.45) is 0 Å². The minimum Gasteiger partial charge on any atom is -0.493 e. The zero-order valence-corrected chi connectivity index (χ0v) is 12.3. The van der Waals surface area contributed by atoms with Crippen molar-refractivity contribution in [1.29, 1.82) is 0 Å². The summed E-state index contributed by atoms with van der Waals surface area (Å²) in [6.07, 6.45) is 0.972. The van der Waals surface area contributed by atoms with Crippen molar-refractivity contribution in [3.8, 4) is 22.9 Å². The van der Waals surface area contributed by atoms with E-state index in [0.29, 0.717) is 33.9 Å². The number of rotatable bonds is 6. The van der Waals surface area contributed by atoms with Gasteiger partial charge in [0.25, 0.3) is 0 Å². The molecule has 1 heterocycles. The summed E-state index contributed by atoms with van der Waals surface area (Å²) in [5.41, 5.74) is 0.695. The summed E-state index contributed by atoms with van der Waals surface area (Å²) in [6, 6.07) is 3.84. The number of aromatic nitrogens is 2. The van der Waals surface area contributed by atoms with Gasteiger partial charge in [0.15, 0.2) is 11.5 Å². The van der Waals surface area contributed by atoms with Crippen LogP contribution in [0.4, 0.5) is 6.01 Å². The fourth-order valence-electron chi connectivity index (χ4n) is 1.69. The summed E-state index contributed by atoms with van der Waals surface area (Å²) >= 11 is 6.15. The number of nitrogens with zero attached hydrogens (tertiary/aromatic N) is 2. The lowest BCUT2D eigenvalue weighted by Gasteiger charge is -2.10. The van der Waals surface area contributed by atoms with Crippen LogP contribution in [-0.2, 0) is 0 Å². The molecule has 0 aliphatic carbocycles. The maximum absolute atomic E-state index is 6.15. The van der Waals surface area contributed by atoms with Gasteiger partial charge in [0.1, 0.15) is 0 Å². The first kappa shape index (κ1) is 14.5. The van der Waals surface area contributed by atoms with Crippen molar-refractivity contribution in [2.75, 3.05) is 26.1 Å². The van der Waals surface area contributed by atoms with Gasteiger partial charge in [-0.25, -0.2) is 0 Å². The zero-order chi connectivity index (χ0) is 14.5. The van der Waals surface area contributed by atoms with Crippen LogP contribution in [0.15, 0.2) is 16.7 Å². The van der Waals surface area contributed by atoms with Gasteiger partial charge in [-0.1, -0.05) is 23.7 Å². The molecule has 0 radical (unpaired) electrons. The van der Waals surface area contributed by atoms with E-state index >= 15 is 0 Å².